The Kier molecular flexibility index (Phi) is 5.34. The fourth-order valence-corrected chi connectivity index (χ4v) is 2.54. The molecule has 0 radical (unpaired) electrons. The molecule has 0 atom stereocenters. The summed E-state index contributed by atoms with van der Waals surface area (Å²) in [5.41, 5.74) is 3.95. The van der Waals surface area contributed by atoms with Gasteiger partial charge in [0.05, 0.1) is 22.9 Å². The van der Waals surface area contributed by atoms with Crippen LogP contribution < -0.4 is 10.5 Å². The summed E-state index contributed by atoms with van der Waals surface area (Å²) in [7, 11) is 1.75. The summed E-state index contributed by atoms with van der Waals surface area (Å²) in [6.07, 6.45) is 1.44. The molecule has 0 aliphatic rings. The van der Waals surface area contributed by atoms with E-state index in [-0.39, 0.29) is 20.9 Å². The van der Waals surface area contributed by atoms with E-state index >= 15 is 0 Å². The zero-order chi connectivity index (χ0) is 18.0. The maximum Gasteiger partial charge on any atom is 0.150 e. The van der Waals surface area contributed by atoms with Crippen molar-refractivity contribution >= 4 is 52.7 Å². The SMILES string of the molecule is Cc1c(/C=N\Nc2c(Cl)c(Cl)nc(C(=O)[O-])c2Cl)cc(C#N)n1C. The van der Waals surface area contributed by atoms with Gasteiger partial charge in [0.15, 0.2) is 5.15 Å². The molecule has 0 aliphatic heterocycles. The Bertz CT molecular complexity index is 899. The van der Waals surface area contributed by atoms with Crippen molar-refractivity contribution in [1.82, 2.24) is 9.55 Å². The number of pyridine rings is 1. The molecule has 0 saturated heterocycles. The van der Waals surface area contributed by atoms with E-state index in [9.17, 15) is 9.90 Å². The van der Waals surface area contributed by atoms with Crippen LogP contribution in [-0.2, 0) is 7.05 Å². The molecule has 2 heterocycles. The number of aromatic nitrogens is 2. The summed E-state index contributed by atoms with van der Waals surface area (Å²) in [4.78, 5) is 14.5. The van der Waals surface area contributed by atoms with Crippen molar-refractivity contribution in [2.45, 2.75) is 6.92 Å². The van der Waals surface area contributed by atoms with E-state index in [1.54, 1.807) is 17.7 Å². The highest BCUT2D eigenvalue weighted by atomic mass is 35.5. The lowest BCUT2D eigenvalue weighted by Crippen LogP contribution is -2.24. The Balaban J connectivity index is 2.36. The van der Waals surface area contributed by atoms with E-state index in [1.807, 2.05) is 6.92 Å². The number of carboxylic acid groups (broad SMARTS) is 1. The quantitative estimate of drug-likeness (QED) is 0.494. The molecule has 124 valence electrons. The fraction of sp³-hybridized carbons (Fsp3) is 0.143. The largest absolute Gasteiger partial charge is 0.543 e. The van der Waals surface area contributed by atoms with Crippen LogP contribution in [0.25, 0.3) is 0 Å². The summed E-state index contributed by atoms with van der Waals surface area (Å²) in [6, 6.07) is 3.70. The molecule has 0 saturated carbocycles. The third kappa shape index (κ3) is 3.31. The summed E-state index contributed by atoms with van der Waals surface area (Å²) in [5.74, 6) is -1.59. The second kappa shape index (κ2) is 7.09. The zero-order valence-corrected chi connectivity index (χ0v) is 14.7. The molecule has 0 aliphatic carbocycles. The van der Waals surface area contributed by atoms with Gasteiger partial charge in [0, 0.05) is 18.3 Å². The standard InChI is InChI=1S/C14H10Cl3N5O2/c1-6-7(3-8(4-18)22(6)2)5-19-21-11-9(15)12(14(23)24)20-13(17)10(11)16/h3,5H,1-2H3,(H,20,21)(H,23,24)/p-1/b19-5-. The molecule has 2 aromatic rings. The molecule has 0 spiro atoms. The monoisotopic (exact) mass is 384 g/mol. The van der Waals surface area contributed by atoms with Crippen LogP contribution in [0.2, 0.25) is 15.2 Å². The molecule has 24 heavy (non-hydrogen) atoms. The minimum absolute atomic E-state index is 0.0112. The molecule has 7 nitrogen and oxygen atoms in total. The van der Waals surface area contributed by atoms with Crippen molar-refractivity contribution in [2.24, 2.45) is 12.1 Å². The first-order valence-electron chi connectivity index (χ1n) is 6.39. The van der Waals surface area contributed by atoms with Gasteiger partial charge in [-0.25, -0.2) is 4.98 Å². The van der Waals surface area contributed by atoms with Crippen LogP contribution in [0.15, 0.2) is 11.2 Å². The van der Waals surface area contributed by atoms with Gasteiger partial charge in [0.1, 0.15) is 22.5 Å². The number of rotatable bonds is 4. The second-order valence-corrected chi connectivity index (χ2v) is 5.77. The second-order valence-electron chi connectivity index (χ2n) is 4.65. The van der Waals surface area contributed by atoms with E-state index in [2.05, 4.69) is 21.6 Å². The highest BCUT2D eigenvalue weighted by Gasteiger charge is 2.17. The van der Waals surface area contributed by atoms with Crippen LogP contribution in [0.1, 0.15) is 27.4 Å². The number of halogens is 3. The number of anilines is 1. The van der Waals surface area contributed by atoms with Crippen molar-refractivity contribution < 1.29 is 9.90 Å². The number of nitrogens with zero attached hydrogens (tertiary/aromatic N) is 4. The summed E-state index contributed by atoms with van der Waals surface area (Å²) in [6.45, 7) is 1.82. The van der Waals surface area contributed by atoms with Gasteiger partial charge in [-0.15, -0.1) is 0 Å². The summed E-state index contributed by atoms with van der Waals surface area (Å²) in [5, 5.41) is 23.3. The topological polar surface area (TPSA) is 106 Å². The molecule has 10 heteroatoms. The summed E-state index contributed by atoms with van der Waals surface area (Å²) >= 11 is 17.7. The Morgan fingerprint density at radius 3 is 2.67 bits per heavy atom. The smallest absolute Gasteiger partial charge is 0.150 e. The third-order valence-corrected chi connectivity index (χ3v) is 4.41. The van der Waals surface area contributed by atoms with Crippen molar-refractivity contribution in [1.29, 1.82) is 5.26 Å². The molecule has 0 aromatic carbocycles. The number of carbonyl (C=O) groups excluding carboxylic acids is 1. The van der Waals surface area contributed by atoms with Crippen molar-refractivity contribution in [3.63, 3.8) is 0 Å². The Morgan fingerprint density at radius 1 is 1.46 bits per heavy atom. The van der Waals surface area contributed by atoms with E-state index in [0.29, 0.717) is 11.3 Å². The fourth-order valence-electron chi connectivity index (χ4n) is 1.87. The van der Waals surface area contributed by atoms with Crippen LogP contribution in [0.5, 0.6) is 0 Å². The number of nitrogens with one attached hydrogen (secondary N) is 1. The Hall–Kier alpha value is -2.27. The lowest BCUT2D eigenvalue weighted by molar-refractivity contribution is -0.255. The Morgan fingerprint density at radius 2 is 2.12 bits per heavy atom. The first-order valence-corrected chi connectivity index (χ1v) is 7.52. The van der Waals surface area contributed by atoms with Crippen molar-refractivity contribution in [3.8, 4) is 6.07 Å². The molecule has 1 N–H and O–H groups in total. The number of hydrogen-bond donors (Lipinski definition) is 1. The van der Waals surface area contributed by atoms with Gasteiger partial charge in [0.25, 0.3) is 0 Å². The molecule has 2 rings (SSSR count). The molecule has 0 bridgehead atoms. The lowest BCUT2D eigenvalue weighted by Gasteiger charge is -2.12. The zero-order valence-electron chi connectivity index (χ0n) is 12.4. The van der Waals surface area contributed by atoms with Crippen LogP contribution in [0.3, 0.4) is 0 Å². The maximum atomic E-state index is 11.0. The van der Waals surface area contributed by atoms with Gasteiger partial charge in [-0.1, -0.05) is 34.8 Å². The normalized spacial score (nSPS) is 10.8. The highest BCUT2D eigenvalue weighted by Crippen LogP contribution is 2.36. The van der Waals surface area contributed by atoms with Crippen LogP contribution in [0.4, 0.5) is 5.69 Å². The van der Waals surface area contributed by atoms with Gasteiger partial charge in [-0.2, -0.15) is 10.4 Å². The number of aromatic carboxylic acids is 1. The van der Waals surface area contributed by atoms with Crippen LogP contribution in [-0.4, -0.2) is 21.7 Å². The number of carboxylic acids is 1. The van der Waals surface area contributed by atoms with E-state index in [1.165, 1.54) is 6.21 Å². The summed E-state index contributed by atoms with van der Waals surface area (Å²) < 4.78 is 1.71. The predicted octanol–water partition coefficient (Wildman–Crippen LogP) is 2.37. The number of nitriles is 1. The van der Waals surface area contributed by atoms with E-state index < -0.39 is 11.7 Å². The molecular formula is C14H9Cl3N5O2-. The average molecular weight is 386 g/mol. The number of carbonyl (C=O) groups is 1. The molecular weight excluding hydrogens is 377 g/mol. The molecule has 2 aromatic heterocycles. The van der Waals surface area contributed by atoms with Gasteiger partial charge in [0.2, 0.25) is 0 Å². The Labute approximate surface area is 152 Å². The highest BCUT2D eigenvalue weighted by molar-refractivity contribution is 6.46. The lowest BCUT2D eigenvalue weighted by atomic mass is 10.3. The van der Waals surface area contributed by atoms with Crippen LogP contribution in [0, 0.1) is 18.3 Å². The number of hydrazone groups is 1. The van der Waals surface area contributed by atoms with Gasteiger partial charge in [-0.05, 0) is 13.0 Å². The minimum Gasteiger partial charge on any atom is -0.543 e. The average Bonchev–Trinajstić information content (AvgIpc) is 2.81. The van der Waals surface area contributed by atoms with E-state index in [0.717, 1.165) is 5.69 Å². The first-order chi connectivity index (χ1) is 11.3. The van der Waals surface area contributed by atoms with Crippen molar-refractivity contribution in [2.75, 3.05) is 5.43 Å². The van der Waals surface area contributed by atoms with E-state index in [4.69, 9.17) is 40.1 Å². The molecule has 0 unspecified atom stereocenters. The van der Waals surface area contributed by atoms with Gasteiger partial charge in [-0.3, -0.25) is 5.43 Å². The maximum absolute atomic E-state index is 11.0. The molecule has 0 amide bonds. The minimum atomic E-state index is -1.59. The predicted molar refractivity (Wildman–Crippen MR) is 89.7 cm³/mol. The first kappa shape index (κ1) is 18.1. The van der Waals surface area contributed by atoms with Crippen LogP contribution >= 0.6 is 34.8 Å². The van der Waals surface area contributed by atoms with Gasteiger partial charge < -0.3 is 14.5 Å². The number of hydrogen-bond acceptors (Lipinski definition) is 6. The molecule has 0 fully saturated rings. The van der Waals surface area contributed by atoms with Crippen molar-refractivity contribution in [3.05, 3.63) is 43.9 Å². The third-order valence-electron chi connectivity index (χ3n) is 3.30. The van der Waals surface area contributed by atoms with Gasteiger partial charge >= 0.3 is 0 Å².